The van der Waals surface area contributed by atoms with Crippen LogP contribution in [0, 0.1) is 0 Å². The molecular formula is C6H6O2P. The van der Waals surface area contributed by atoms with Crippen molar-refractivity contribution in [3.63, 3.8) is 0 Å². The van der Waals surface area contributed by atoms with Crippen molar-refractivity contribution in [2.75, 3.05) is 0 Å². The van der Waals surface area contributed by atoms with Crippen LogP contribution in [-0.2, 0) is 0 Å². The minimum absolute atomic E-state index is 0. The fourth-order valence-corrected chi connectivity index (χ4v) is 0.493. The molecule has 1 aromatic carbocycles. The van der Waals surface area contributed by atoms with Crippen LogP contribution in [0.15, 0.2) is 24.3 Å². The van der Waals surface area contributed by atoms with E-state index in [2.05, 4.69) is 0 Å². The molecule has 47 valence electrons. The van der Waals surface area contributed by atoms with Crippen LogP contribution in [0.5, 0.6) is 11.5 Å². The van der Waals surface area contributed by atoms with Crippen molar-refractivity contribution in [2.24, 2.45) is 0 Å². The minimum atomic E-state index is 0. The second-order valence-electron chi connectivity index (χ2n) is 1.52. The molecule has 0 atom stereocenters. The van der Waals surface area contributed by atoms with Crippen molar-refractivity contribution in [3.8, 4) is 11.5 Å². The SMILES string of the molecule is Oc1cccc(O)c1.[P]. The summed E-state index contributed by atoms with van der Waals surface area (Å²) < 4.78 is 0. The first-order valence-electron chi connectivity index (χ1n) is 2.27. The number of phenolic OH excluding ortho intramolecular Hbond substituents is 2. The van der Waals surface area contributed by atoms with Gasteiger partial charge >= 0.3 is 0 Å². The highest BCUT2D eigenvalue weighted by atomic mass is 31.0. The Bertz CT molecular complexity index is 171. The van der Waals surface area contributed by atoms with E-state index in [-0.39, 0.29) is 21.4 Å². The van der Waals surface area contributed by atoms with Crippen molar-refractivity contribution in [3.05, 3.63) is 24.3 Å². The standard InChI is InChI=1S/C6H6O2.P/c7-5-2-1-3-6(8)4-5;/h1-4,7-8H;. The zero-order valence-corrected chi connectivity index (χ0v) is 5.55. The summed E-state index contributed by atoms with van der Waals surface area (Å²) in [5.41, 5.74) is 0. The third-order valence-corrected chi connectivity index (χ3v) is 0.830. The maximum absolute atomic E-state index is 8.65. The molecule has 0 unspecified atom stereocenters. The van der Waals surface area contributed by atoms with E-state index >= 15 is 0 Å². The summed E-state index contributed by atoms with van der Waals surface area (Å²) >= 11 is 0. The van der Waals surface area contributed by atoms with E-state index in [1.165, 1.54) is 18.2 Å². The maximum atomic E-state index is 8.65. The predicted molar refractivity (Wildman–Crippen MR) is 36.7 cm³/mol. The Morgan fingerprint density at radius 3 is 1.67 bits per heavy atom. The maximum Gasteiger partial charge on any atom is 0.119 e. The average Bonchev–Trinajstić information content (AvgIpc) is 1.64. The normalized spacial score (nSPS) is 8.00. The van der Waals surface area contributed by atoms with Crippen molar-refractivity contribution in [1.29, 1.82) is 0 Å². The molecule has 0 saturated carbocycles. The molecule has 1 rings (SSSR count). The van der Waals surface area contributed by atoms with Gasteiger partial charge in [0.25, 0.3) is 0 Å². The molecule has 0 amide bonds. The lowest BCUT2D eigenvalue weighted by Gasteiger charge is -1.89. The van der Waals surface area contributed by atoms with Gasteiger partial charge in [0.2, 0.25) is 0 Å². The van der Waals surface area contributed by atoms with Gasteiger partial charge in [-0.2, -0.15) is 0 Å². The molecule has 0 saturated heterocycles. The highest BCUT2D eigenvalue weighted by molar-refractivity contribution is 6.92. The molecule has 0 aromatic heterocycles. The van der Waals surface area contributed by atoms with Crippen molar-refractivity contribution in [1.82, 2.24) is 0 Å². The largest absolute Gasteiger partial charge is 0.508 e. The summed E-state index contributed by atoms with van der Waals surface area (Å²) in [6.45, 7) is 0. The monoisotopic (exact) mass is 141 g/mol. The van der Waals surface area contributed by atoms with Gasteiger partial charge < -0.3 is 10.2 Å². The van der Waals surface area contributed by atoms with E-state index in [1.54, 1.807) is 6.07 Å². The van der Waals surface area contributed by atoms with Crippen LogP contribution in [0.2, 0.25) is 0 Å². The van der Waals surface area contributed by atoms with E-state index in [4.69, 9.17) is 10.2 Å². The van der Waals surface area contributed by atoms with Gasteiger partial charge in [0.1, 0.15) is 11.5 Å². The number of phenols is 2. The first kappa shape index (κ1) is 8.25. The number of rotatable bonds is 0. The second kappa shape index (κ2) is 3.31. The van der Waals surface area contributed by atoms with Crippen LogP contribution in [0.1, 0.15) is 0 Å². The second-order valence-corrected chi connectivity index (χ2v) is 1.52. The molecule has 2 N–H and O–H groups in total. The van der Waals surface area contributed by atoms with Crippen molar-refractivity contribution in [2.45, 2.75) is 0 Å². The lowest BCUT2D eigenvalue weighted by atomic mass is 10.3. The first-order valence-corrected chi connectivity index (χ1v) is 2.27. The average molecular weight is 141 g/mol. The van der Waals surface area contributed by atoms with Gasteiger partial charge in [0.15, 0.2) is 0 Å². The third kappa shape index (κ3) is 2.34. The van der Waals surface area contributed by atoms with Gasteiger partial charge in [-0.3, -0.25) is 0 Å². The zero-order chi connectivity index (χ0) is 5.98. The molecule has 0 aliphatic carbocycles. The molecular weight excluding hydrogens is 135 g/mol. The van der Waals surface area contributed by atoms with Gasteiger partial charge in [-0.15, -0.1) is 0 Å². The quantitative estimate of drug-likeness (QED) is 0.542. The molecule has 3 heteroatoms. The molecule has 0 aliphatic heterocycles. The molecule has 2 nitrogen and oxygen atoms in total. The van der Waals surface area contributed by atoms with E-state index in [1.807, 2.05) is 0 Å². The summed E-state index contributed by atoms with van der Waals surface area (Å²) in [5, 5.41) is 17.3. The van der Waals surface area contributed by atoms with Gasteiger partial charge in [0, 0.05) is 16.0 Å². The van der Waals surface area contributed by atoms with E-state index in [0.29, 0.717) is 0 Å². The lowest BCUT2D eigenvalue weighted by molar-refractivity contribution is 0.450. The summed E-state index contributed by atoms with van der Waals surface area (Å²) in [7, 11) is 0. The molecule has 3 radical (unpaired) electrons. The fourth-order valence-electron chi connectivity index (χ4n) is 0.493. The zero-order valence-electron chi connectivity index (χ0n) is 4.65. The highest BCUT2D eigenvalue weighted by Gasteiger charge is 1.85. The highest BCUT2D eigenvalue weighted by Crippen LogP contribution is 2.14. The van der Waals surface area contributed by atoms with E-state index < -0.39 is 0 Å². The molecule has 0 fully saturated rings. The number of aromatic hydroxyl groups is 2. The summed E-state index contributed by atoms with van der Waals surface area (Å²) in [4.78, 5) is 0. The van der Waals surface area contributed by atoms with Crippen LogP contribution in [-0.4, -0.2) is 10.2 Å². The summed E-state index contributed by atoms with van der Waals surface area (Å²) in [6.07, 6.45) is 0. The number of hydrogen-bond acceptors (Lipinski definition) is 2. The predicted octanol–water partition coefficient (Wildman–Crippen LogP) is 1.96. The Morgan fingerprint density at radius 1 is 1.00 bits per heavy atom. The Hall–Kier alpha value is -0.750. The third-order valence-electron chi connectivity index (χ3n) is 0.830. The molecule has 1 aromatic rings. The number of hydrogen-bond donors (Lipinski definition) is 2. The lowest BCUT2D eigenvalue weighted by Crippen LogP contribution is -1.61. The van der Waals surface area contributed by atoms with Gasteiger partial charge in [-0.1, -0.05) is 6.07 Å². The summed E-state index contributed by atoms with van der Waals surface area (Å²) in [6, 6.07) is 5.85. The van der Waals surface area contributed by atoms with E-state index in [9.17, 15) is 0 Å². The van der Waals surface area contributed by atoms with Crippen LogP contribution in [0.4, 0.5) is 0 Å². The summed E-state index contributed by atoms with van der Waals surface area (Å²) in [5.74, 6) is 0.176. The smallest absolute Gasteiger partial charge is 0.119 e. The Morgan fingerprint density at radius 2 is 1.44 bits per heavy atom. The minimum Gasteiger partial charge on any atom is -0.508 e. The van der Waals surface area contributed by atoms with Crippen LogP contribution >= 0.6 is 9.90 Å². The topological polar surface area (TPSA) is 40.5 Å². The first-order chi connectivity index (χ1) is 3.79. The number of benzene rings is 1. The Balaban J connectivity index is 0.000000640. The Labute approximate surface area is 56.8 Å². The van der Waals surface area contributed by atoms with Gasteiger partial charge in [-0.25, -0.2) is 0 Å². The molecule has 9 heavy (non-hydrogen) atoms. The van der Waals surface area contributed by atoms with Crippen LogP contribution in [0.3, 0.4) is 0 Å². The van der Waals surface area contributed by atoms with E-state index in [0.717, 1.165) is 0 Å². The van der Waals surface area contributed by atoms with Crippen LogP contribution in [0.25, 0.3) is 0 Å². The fraction of sp³-hybridized carbons (Fsp3) is 0. The molecule has 0 bridgehead atoms. The molecule has 0 heterocycles. The van der Waals surface area contributed by atoms with Gasteiger partial charge in [0.05, 0.1) is 0 Å². The van der Waals surface area contributed by atoms with Crippen molar-refractivity contribution < 1.29 is 10.2 Å². The molecule has 0 spiro atoms. The van der Waals surface area contributed by atoms with Gasteiger partial charge in [-0.05, 0) is 12.1 Å². The molecule has 0 aliphatic rings. The van der Waals surface area contributed by atoms with Crippen molar-refractivity contribution >= 4 is 9.90 Å². The van der Waals surface area contributed by atoms with Crippen LogP contribution < -0.4 is 0 Å². The Kier molecular flexibility index (Phi) is 3.03.